The summed E-state index contributed by atoms with van der Waals surface area (Å²) in [6.07, 6.45) is 3.56. The number of fused-ring (bicyclic) bond motifs is 1. The average Bonchev–Trinajstić information content (AvgIpc) is 2.88. The van der Waals surface area contributed by atoms with Gasteiger partial charge in [-0.25, -0.2) is 9.07 Å². The number of hydrogen-bond acceptors (Lipinski definition) is 2. The van der Waals surface area contributed by atoms with E-state index in [4.69, 9.17) is 10.4 Å². The van der Waals surface area contributed by atoms with Crippen molar-refractivity contribution in [1.29, 1.82) is 5.26 Å². The maximum Gasteiger partial charge on any atom is 0.125 e. The fraction of sp³-hybridized carbons (Fsp3) is 0.444. The number of nitrogens with zero attached hydrogens (tertiary/aromatic N) is 3. The topological polar surface area (TPSA) is 41.6 Å². The molecule has 2 aromatic rings. The summed E-state index contributed by atoms with van der Waals surface area (Å²) in [6.45, 7) is 4.24. The van der Waals surface area contributed by atoms with Crippen molar-refractivity contribution in [2.75, 3.05) is 0 Å². The fourth-order valence-electron chi connectivity index (χ4n) is 3.39. The van der Waals surface area contributed by atoms with E-state index >= 15 is 0 Å². The molecule has 1 aliphatic carbocycles. The summed E-state index contributed by atoms with van der Waals surface area (Å²) in [4.78, 5) is 0. The Balaban J connectivity index is 2.17. The van der Waals surface area contributed by atoms with Crippen LogP contribution in [0.25, 0.3) is 5.69 Å². The highest BCUT2D eigenvalue weighted by Crippen LogP contribution is 2.39. The molecule has 3 rings (SSSR count). The number of halogens is 1. The lowest BCUT2D eigenvalue weighted by molar-refractivity contribution is 0.546. The Bertz CT molecular complexity index is 724. The predicted octanol–water partition coefficient (Wildman–Crippen LogP) is 4.47. The SMILES string of the molecule is CC(C)c1nn(-c2cccc(F)c2)c2c1C(CC#N)CCC2. The zero-order valence-corrected chi connectivity index (χ0v) is 13.0. The summed E-state index contributed by atoms with van der Waals surface area (Å²) in [7, 11) is 0. The molecule has 1 aromatic heterocycles. The van der Waals surface area contributed by atoms with E-state index in [0.717, 1.165) is 36.3 Å². The van der Waals surface area contributed by atoms with Gasteiger partial charge in [0.05, 0.1) is 17.5 Å². The van der Waals surface area contributed by atoms with Crippen LogP contribution in [0.5, 0.6) is 0 Å². The molecule has 0 saturated carbocycles. The van der Waals surface area contributed by atoms with Gasteiger partial charge in [0.2, 0.25) is 0 Å². The molecule has 22 heavy (non-hydrogen) atoms. The van der Waals surface area contributed by atoms with Crippen LogP contribution < -0.4 is 0 Å². The van der Waals surface area contributed by atoms with E-state index in [-0.39, 0.29) is 11.7 Å². The van der Waals surface area contributed by atoms with Crippen molar-refractivity contribution < 1.29 is 4.39 Å². The minimum Gasteiger partial charge on any atom is -0.237 e. The minimum absolute atomic E-state index is 0.253. The molecule has 0 aliphatic heterocycles. The number of rotatable bonds is 3. The second kappa shape index (κ2) is 5.92. The molecule has 3 nitrogen and oxygen atoms in total. The van der Waals surface area contributed by atoms with E-state index < -0.39 is 0 Å². The standard InChI is InChI=1S/C18H20FN3/c1-12(2)18-17-13(9-10-20)5-3-8-16(17)22(21-18)15-7-4-6-14(19)11-15/h4,6-7,11-13H,3,5,8-9H2,1-2H3. The van der Waals surface area contributed by atoms with Crippen LogP contribution >= 0.6 is 0 Å². The van der Waals surface area contributed by atoms with Crippen molar-refractivity contribution >= 4 is 0 Å². The van der Waals surface area contributed by atoms with E-state index in [9.17, 15) is 4.39 Å². The van der Waals surface area contributed by atoms with Gasteiger partial charge in [-0.15, -0.1) is 0 Å². The number of nitriles is 1. The van der Waals surface area contributed by atoms with Crippen molar-refractivity contribution in [2.24, 2.45) is 0 Å². The van der Waals surface area contributed by atoms with E-state index in [0.29, 0.717) is 12.3 Å². The van der Waals surface area contributed by atoms with E-state index in [1.165, 1.54) is 17.7 Å². The van der Waals surface area contributed by atoms with Gasteiger partial charge in [0.25, 0.3) is 0 Å². The van der Waals surface area contributed by atoms with E-state index in [1.54, 1.807) is 6.07 Å². The molecule has 1 heterocycles. The van der Waals surface area contributed by atoms with Gasteiger partial charge in [0.1, 0.15) is 5.82 Å². The number of benzene rings is 1. The van der Waals surface area contributed by atoms with Crippen LogP contribution in [-0.4, -0.2) is 9.78 Å². The van der Waals surface area contributed by atoms with Gasteiger partial charge in [0.15, 0.2) is 0 Å². The lowest BCUT2D eigenvalue weighted by Crippen LogP contribution is -2.12. The van der Waals surface area contributed by atoms with Crippen LogP contribution in [0.2, 0.25) is 0 Å². The molecule has 0 fully saturated rings. The predicted molar refractivity (Wildman–Crippen MR) is 83.5 cm³/mol. The first-order valence-corrected chi connectivity index (χ1v) is 7.86. The largest absolute Gasteiger partial charge is 0.237 e. The summed E-state index contributed by atoms with van der Waals surface area (Å²) in [5.74, 6) is 0.300. The molecule has 4 heteroatoms. The highest BCUT2D eigenvalue weighted by Gasteiger charge is 2.29. The van der Waals surface area contributed by atoms with Crippen molar-refractivity contribution in [3.05, 3.63) is 47.0 Å². The molecule has 0 radical (unpaired) electrons. The van der Waals surface area contributed by atoms with Gasteiger partial charge in [-0.05, 0) is 43.4 Å². The molecule has 114 valence electrons. The quantitative estimate of drug-likeness (QED) is 0.838. The third-order valence-corrected chi connectivity index (χ3v) is 4.36. The molecule has 0 amide bonds. The van der Waals surface area contributed by atoms with Crippen molar-refractivity contribution in [2.45, 2.75) is 51.4 Å². The molecular weight excluding hydrogens is 277 g/mol. The van der Waals surface area contributed by atoms with Crippen molar-refractivity contribution in [1.82, 2.24) is 9.78 Å². The fourth-order valence-corrected chi connectivity index (χ4v) is 3.39. The highest BCUT2D eigenvalue weighted by molar-refractivity contribution is 5.42. The Kier molecular flexibility index (Phi) is 3.98. The minimum atomic E-state index is -0.253. The van der Waals surface area contributed by atoms with Gasteiger partial charge >= 0.3 is 0 Å². The average molecular weight is 297 g/mol. The Hall–Kier alpha value is -2.15. The van der Waals surface area contributed by atoms with Crippen molar-refractivity contribution in [3.8, 4) is 11.8 Å². The molecule has 0 spiro atoms. The van der Waals surface area contributed by atoms with Crippen LogP contribution in [0.4, 0.5) is 4.39 Å². The first kappa shape index (κ1) is 14.8. The molecule has 1 aliphatic rings. The normalized spacial score (nSPS) is 17.3. The van der Waals surface area contributed by atoms with Crippen LogP contribution in [0.3, 0.4) is 0 Å². The Morgan fingerprint density at radius 1 is 1.45 bits per heavy atom. The van der Waals surface area contributed by atoms with Crippen LogP contribution in [0.1, 0.15) is 61.9 Å². The molecule has 0 saturated heterocycles. The Morgan fingerprint density at radius 3 is 2.95 bits per heavy atom. The maximum atomic E-state index is 13.6. The van der Waals surface area contributed by atoms with Crippen LogP contribution in [0, 0.1) is 17.1 Å². The molecule has 1 atom stereocenters. The summed E-state index contributed by atoms with van der Waals surface area (Å²) >= 11 is 0. The Labute approximate surface area is 130 Å². The summed E-state index contributed by atoms with van der Waals surface area (Å²) in [5.41, 5.74) is 4.20. The summed E-state index contributed by atoms with van der Waals surface area (Å²) < 4.78 is 15.4. The first-order chi connectivity index (χ1) is 10.6. The molecule has 1 aromatic carbocycles. The second-order valence-corrected chi connectivity index (χ2v) is 6.24. The monoisotopic (exact) mass is 297 g/mol. The lowest BCUT2D eigenvalue weighted by Gasteiger charge is -2.22. The molecule has 0 N–H and O–H groups in total. The zero-order valence-electron chi connectivity index (χ0n) is 13.0. The Morgan fingerprint density at radius 2 is 2.27 bits per heavy atom. The van der Waals surface area contributed by atoms with Crippen LogP contribution in [-0.2, 0) is 6.42 Å². The zero-order chi connectivity index (χ0) is 15.7. The van der Waals surface area contributed by atoms with Gasteiger partial charge in [-0.2, -0.15) is 10.4 Å². The third kappa shape index (κ3) is 2.52. The lowest BCUT2D eigenvalue weighted by atomic mass is 9.81. The van der Waals surface area contributed by atoms with Crippen molar-refractivity contribution in [3.63, 3.8) is 0 Å². The van der Waals surface area contributed by atoms with E-state index in [1.807, 2.05) is 10.7 Å². The third-order valence-electron chi connectivity index (χ3n) is 4.36. The van der Waals surface area contributed by atoms with E-state index in [2.05, 4.69) is 19.9 Å². The maximum absolute atomic E-state index is 13.6. The summed E-state index contributed by atoms with van der Waals surface area (Å²) in [6, 6.07) is 8.87. The molecular formula is C18H20FN3. The number of hydrogen-bond donors (Lipinski definition) is 0. The summed E-state index contributed by atoms with van der Waals surface area (Å²) in [5, 5.41) is 13.9. The van der Waals surface area contributed by atoms with Gasteiger partial charge < -0.3 is 0 Å². The smallest absolute Gasteiger partial charge is 0.125 e. The second-order valence-electron chi connectivity index (χ2n) is 6.24. The van der Waals surface area contributed by atoms with Gasteiger partial charge in [0, 0.05) is 23.6 Å². The van der Waals surface area contributed by atoms with Crippen LogP contribution in [0.15, 0.2) is 24.3 Å². The van der Waals surface area contributed by atoms with Gasteiger partial charge in [-0.3, -0.25) is 0 Å². The first-order valence-electron chi connectivity index (χ1n) is 7.86. The number of aromatic nitrogens is 2. The molecule has 0 bridgehead atoms. The molecule has 1 unspecified atom stereocenters. The highest BCUT2D eigenvalue weighted by atomic mass is 19.1. The van der Waals surface area contributed by atoms with Gasteiger partial charge in [-0.1, -0.05) is 19.9 Å².